The monoisotopic (exact) mass is 222 g/mol. The molecule has 1 aliphatic heterocycles. The van der Waals surface area contributed by atoms with Crippen molar-refractivity contribution in [2.45, 2.75) is 26.3 Å². The summed E-state index contributed by atoms with van der Waals surface area (Å²) in [5.41, 5.74) is 0.999. The average molecular weight is 222 g/mol. The summed E-state index contributed by atoms with van der Waals surface area (Å²) in [7, 11) is 0. The number of amides is 2. The largest absolute Gasteiger partial charge is 0.334 e. The van der Waals surface area contributed by atoms with E-state index in [4.69, 9.17) is 0 Å². The summed E-state index contributed by atoms with van der Waals surface area (Å²) in [6.45, 7) is 4.53. The van der Waals surface area contributed by atoms with Gasteiger partial charge in [-0.25, -0.2) is 4.79 Å². The normalized spacial score (nSPS) is 17.4. The van der Waals surface area contributed by atoms with Gasteiger partial charge in [0.25, 0.3) is 0 Å². The van der Waals surface area contributed by atoms with Gasteiger partial charge in [0.05, 0.1) is 6.20 Å². The number of piperidine rings is 1. The summed E-state index contributed by atoms with van der Waals surface area (Å²) in [4.78, 5) is 13.7. The standard InChI is InChI=1S/C11H18N4O/c1-9-2-4-15(5-3-9)11(16)12-6-10-7-13-14-8-10/h7-9H,2-6H2,1H3,(H,12,16)(H,13,14). The van der Waals surface area contributed by atoms with Crippen molar-refractivity contribution < 1.29 is 4.79 Å². The zero-order chi connectivity index (χ0) is 11.4. The lowest BCUT2D eigenvalue weighted by molar-refractivity contribution is 0.173. The van der Waals surface area contributed by atoms with Crippen molar-refractivity contribution in [1.29, 1.82) is 0 Å². The molecule has 0 spiro atoms. The predicted octanol–water partition coefficient (Wildman–Crippen LogP) is 1.35. The minimum Gasteiger partial charge on any atom is -0.334 e. The summed E-state index contributed by atoms with van der Waals surface area (Å²) in [6.07, 6.45) is 5.73. The van der Waals surface area contributed by atoms with Crippen molar-refractivity contribution in [3.63, 3.8) is 0 Å². The number of nitrogens with one attached hydrogen (secondary N) is 2. The highest BCUT2D eigenvalue weighted by Gasteiger charge is 2.19. The molecule has 2 N–H and O–H groups in total. The first-order valence-corrected chi connectivity index (χ1v) is 5.76. The molecule has 0 bridgehead atoms. The highest BCUT2D eigenvalue weighted by Crippen LogP contribution is 2.15. The molecule has 1 fully saturated rings. The molecule has 1 saturated heterocycles. The molecular weight excluding hydrogens is 204 g/mol. The Morgan fingerprint density at radius 3 is 3.00 bits per heavy atom. The van der Waals surface area contributed by atoms with Crippen LogP contribution in [0.4, 0.5) is 4.79 Å². The molecule has 0 aliphatic carbocycles. The maximum absolute atomic E-state index is 11.8. The van der Waals surface area contributed by atoms with E-state index >= 15 is 0 Å². The van der Waals surface area contributed by atoms with Crippen molar-refractivity contribution in [1.82, 2.24) is 20.4 Å². The summed E-state index contributed by atoms with van der Waals surface area (Å²) in [5.74, 6) is 0.748. The first kappa shape index (κ1) is 11.0. The van der Waals surface area contributed by atoms with Crippen LogP contribution in [-0.2, 0) is 6.54 Å². The fourth-order valence-electron chi connectivity index (χ4n) is 1.88. The van der Waals surface area contributed by atoms with Crippen LogP contribution in [0, 0.1) is 5.92 Å². The molecule has 0 radical (unpaired) electrons. The minimum absolute atomic E-state index is 0.0353. The van der Waals surface area contributed by atoms with Gasteiger partial charge in [0, 0.05) is 31.4 Å². The molecule has 5 nitrogen and oxygen atoms in total. The quantitative estimate of drug-likeness (QED) is 0.793. The second-order valence-corrected chi connectivity index (χ2v) is 4.43. The van der Waals surface area contributed by atoms with Gasteiger partial charge in [-0.1, -0.05) is 6.92 Å². The summed E-state index contributed by atoms with van der Waals surface area (Å²) in [5, 5.41) is 9.45. The van der Waals surface area contributed by atoms with E-state index in [1.165, 1.54) is 0 Å². The number of nitrogens with zero attached hydrogens (tertiary/aromatic N) is 2. The summed E-state index contributed by atoms with van der Waals surface area (Å²) in [6, 6.07) is 0.0353. The number of carbonyl (C=O) groups is 1. The fourth-order valence-corrected chi connectivity index (χ4v) is 1.88. The first-order chi connectivity index (χ1) is 7.75. The Morgan fingerprint density at radius 2 is 2.38 bits per heavy atom. The highest BCUT2D eigenvalue weighted by atomic mass is 16.2. The molecule has 2 amide bonds. The topological polar surface area (TPSA) is 61.0 Å². The first-order valence-electron chi connectivity index (χ1n) is 5.76. The third kappa shape index (κ3) is 2.74. The zero-order valence-electron chi connectivity index (χ0n) is 9.57. The van der Waals surface area contributed by atoms with E-state index < -0.39 is 0 Å². The van der Waals surface area contributed by atoms with Gasteiger partial charge in [-0.3, -0.25) is 5.10 Å². The van der Waals surface area contributed by atoms with Gasteiger partial charge in [-0.15, -0.1) is 0 Å². The van der Waals surface area contributed by atoms with Crippen LogP contribution < -0.4 is 5.32 Å². The Labute approximate surface area is 95.2 Å². The van der Waals surface area contributed by atoms with E-state index in [1.807, 2.05) is 4.90 Å². The van der Waals surface area contributed by atoms with Crippen LogP contribution in [0.1, 0.15) is 25.3 Å². The van der Waals surface area contributed by atoms with E-state index in [0.717, 1.165) is 37.4 Å². The smallest absolute Gasteiger partial charge is 0.317 e. The molecule has 16 heavy (non-hydrogen) atoms. The lowest BCUT2D eigenvalue weighted by atomic mass is 10.00. The van der Waals surface area contributed by atoms with Crippen LogP contribution in [0.3, 0.4) is 0 Å². The van der Waals surface area contributed by atoms with Crippen molar-refractivity contribution in [2.75, 3.05) is 13.1 Å². The second-order valence-electron chi connectivity index (χ2n) is 4.43. The summed E-state index contributed by atoms with van der Waals surface area (Å²) < 4.78 is 0. The third-order valence-electron chi connectivity index (χ3n) is 3.07. The average Bonchev–Trinajstić information content (AvgIpc) is 2.80. The lowest BCUT2D eigenvalue weighted by Crippen LogP contribution is -2.43. The van der Waals surface area contributed by atoms with Gasteiger partial charge < -0.3 is 10.2 Å². The molecule has 5 heteroatoms. The molecular formula is C11H18N4O. The van der Waals surface area contributed by atoms with Crippen molar-refractivity contribution in [2.24, 2.45) is 5.92 Å². The molecule has 2 rings (SSSR count). The van der Waals surface area contributed by atoms with E-state index in [0.29, 0.717) is 6.54 Å². The van der Waals surface area contributed by atoms with Gasteiger partial charge in [0.15, 0.2) is 0 Å². The van der Waals surface area contributed by atoms with Gasteiger partial charge >= 0.3 is 6.03 Å². The maximum Gasteiger partial charge on any atom is 0.317 e. The molecule has 0 atom stereocenters. The van der Waals surface area contributed by atoms with Gasteiger partial charge in [-0.2, -0.15) is 5.10 Å². The Kier molecular flexibility index (Phi) is 3.44. The number of likely N-dealkylation sites (tertiary alicyclic amines) is 1. The van der Waals surface area contributed by atoms with Crippen LogP contribution in [0.25, 0.3) is 0 Å². The molecule has 0 saturated carbocycles. The molecule has 1 aromatic heterocycles. The number of aromatic nitrogens is 2. The number of rotatable bonds is 2. The molecule has 2 heterocycles. The van der Waals surface area contributed by atoms with E-state index in [-0.39, 0.29) is 6.03 Å². The molecule has 0 aromatic carbocycles. The van der Waals surface area contributed by atoms with Crippen LogP contribution >= 0.6 is 0 Å². The van der Waals surface area contributed by atoms with Crippen LogP contribution in [0.2, 0.25) is 0 Å². The van der Waals surface area contributed by atoms with E-state index in [2.05, 4.69) is 22.4 Å². The lowest BCUT2D eigenvalue weighted by Gasteiger charge is -2.30. The Balaban J connectivity index is 1.75. The van der Waals surface area contributed by atoms with Crippen molar-refractivity contribution >= 4 is 6.03 Å². The Hall–Kier alpha value is -1.52. The SMILES string of the molecule is CC1CCN(C(=O)NCc2cn[nH]c2)CC1. The van der Waals surface area contributed by atoms with Crippen molar-refractivity contribution in [3.05, 3.63) is 18.0 Å². The maximum atomic E-state index is 11.8. The van der Waals surface area contributed by atoms with Gasteiger partial charge in [0.2, 0.25) is 0 Å². The van der Waals surface area contributed by atoms with Crippen molar-refractivity contribution in [3.8, 4) is 0 Å². The fraction of sp³-hybridized carbons (Fsp3) is 0.636. The van der Waals surface area contributed by atoms with E-state index in [9.17, 15) is 4.79 Å². The number of carbonyl (C=O) groups excluding carboxylic acids is 1. The van der Waals surface area contributed by atoms with E-state index in [1.54, 1.807) is 12.4 Å². The molecule has 88 valence electrons. The van der Waals surface area contributed by atoms with Crippen LogP contribution in [0.5, 0.6) is 0 Å². The molecule has 1 aliphatic rings. The number of aromatic amines is 1. The minimum atomic E-state index is 0.0353. The summed E-state index contributed by atoms with van der Waals surface area (Å²) >= 11 is 0. The Morgan fingerprint density at radius 1 is 1.62 bits per heavy atom. The second kappa shape index (κ2) is 5.01. The number of urea groups is 1. The number of H-pyrrole nitrogens is 1. The van der Waals surface area contributed by atoms with Crippen LogP contribution in [0.15, 0.2) is 12.4 Å². The third-order valence-corrected chi connectivity index (χ3v) is 3.07. The van der Waals surface area contributed by atoms with Gasteiger partial charge in [-0.05, 0) is 18.8 Å². The highest BCUT2D eigenvalue weighted by molar-refractivity contribution is 5.74. The predicted molar refractivity (Wildman–Crippen MR) is 60.8 cm³/mol. The van der Waals surface area contributed by atoms with Gasteiger partial charge in [0.1, 0.15) is 0 Å². The number of hydrogen-bond acceptors (Lipinski definition) is 2. The number of hydrogen-bond donors (Lipinski definition) is 2. The Bertz CT molecular complexity index is 328. The molecule has 1 aromatic rings. The van der Waals surface area contributed by atoms with Crippen LogP contribution in [-0.4, -0.2) is 34.2 Å². The molecule has 0 unspecified atom stereocenters. The zero-order valence-corrected chi connectivity index (χ0v) is 9.57.